The van der Waals surface area contributed by atoms with Crippen molar-refractivity contribution in [2.24, 2.45) is 0 Å². The predicted octanol–water partition coefficient (Wildman–Crippen LogP) is 4.38. The summed E-state index contributed by atoms with van der Waals surface area (Å²) in [5.74, 6) is 2.85. The molecule has 1 heterocycles. The molecule has 106 valence electrons. The van der Waals surface area contributed by atoms with Crippen molar-refractivity contribution < 1.29 is 9.47 Å². The summed E-state index contributed by atoms with van der Waals surface area (Å²) in [6.07, 6.45) is 1.76. The number of hydrogen-bond acceptors (Lipinski definition) is 4. The van der Waals surface area contributed by atoms with Crippen molar-refractivity contribution >= 4 is 15.9 Å². The fourth-order valence-electron chi connectivity index (χ4n) is 1.60. The van der Waals surface area contributed by atoms with Gasteiger partial charge in [-0.3, -0.25) is 0 Å². The fraction of sp³-hybridized carbons (Fsp3) is 0.333. The Morgan fingerprint density at radius 3 is 2.40 bits per heavy atom. The van der Waals surface area contributed by atoms with E-state index in [-0.39, 0.29) is 0 Å². The molecule has 0 aliphatic rings. The summed E-state index contributed by atoms with van der Waals surface area (Å²) in [5, 5.41) is 0. The van der Waals surface area contributed by atoms with Crippen LogP contribution in [-0.4, -0.2) is 16.6 Å². The highest BCUT2D eigenvalue weighted by atomic mass is 79.9. The Bertz CT molecular complexity index is 558. The van der Waals surface area contributed by atoms with Crippen molar-refractivity contribution in [3.63, 3.8) is 0 Å². The molecule has 2 rings (SSSR count). The first-order valence-electron chi connectivity index (χ1n) is 6.65. The highest BCUT2D eigenvalue weighted by Crippen LogP contribution is 2.24. The summed E-state index contributed by atoms with van der Waals surface area (Å²) < 4.78 is 12.0. The smallest absolute Gasteiger partial charge is 0.223 e. The zero-order valence-corrected chi connectivity index (χ0v) is 13.2. The molecule has 0 N–H and O–H groups in total. The summed E-state index contributed by atoms with van der Waals surface area (Å²) in [5.41, 5.74) is 0. The summed E-state index contributed by atoms with van der Waals surface area (Å²) >= 11 is 3.36. The second-order valence-electron chi connectivity index (χ2n) is 4.22. The molecule has 0 aliphatic carbocycles. The zero-order chi connectivity index (χ0) is 14.4. The number of halogens is 1. The average molecular weight is 337 g/mol. The van der Waals surface area contributed by atoms with E-state index in [1.54, 1.807) is 6.07 Å². The van der Waals surface area contributed by atoms with Gasteiger partial charge in [0, 0.05) is 12.5 Å². The van der Waals surface area contributed by atoms with Crippen LogP contribution < -0.4 is 9.47 Å². The van der Waals surface area contributed by atoms with Gasteiger partial charge in [-0.25, -0.2) is 4.98 Å². The van der Waals surface area contributed by atoms with E-state index in [0.717, 1.165) is 41.4 Å². The van der Waals surface area contributed by atoms with Crippen LogP contribution in [0.1, 0.15) is 26.1 Å². The van der Waals surface area contributed by atoms with Gasteiger partial charge < -0.3 is 9.47 Å². The minimum Gasteiger partial charge on any atom is -0.494 e. The number of hydrogen-bond donors (Lipinski definition) is 0. The van der Waals surface area contributed by atoms with Crippen molar-refractivity contribution in [2.45, 2.75) is 26.7 Å². The molecular formula is C15H17BrN2O2. The summed E-state index contributed by atoms with van der Waals surface area (Å²) in [4.78, 5) is 8.57. The first kappa shape index (κ1) is 14.8. The predicted molar refractivity (Wildman–Crippen MR) is 81.4 cm³/mol. The van der Waals surface area contributed by atoms with Crippen LogP contribution in [0.5, 0.6) is 17.4 Å². The maximum absolute atomic E-state index is 5.72. The largest absolute Gasteiger partial charge is 0.494 e. The minimum atomic E-state index is 0.533. The molecule has 0 aliphatic heterocycles. The number of aromatic nitrogens is 2. The monoisotopic (exact) mass is 336 g/mol. The van der Waals surface area contributed by atoms with Crippen molar-refractivity contribution in [1.29, 1.82) is 0 Å². The van der Waals surface area contributed by atoms with Gasteiger partial charge in [-0.2, -0.15) is 4.98 Å². The molecule has 0 radical (unpaired) electrons. The van der Waals surface area contributed by atoms with Crippen LogP contribution in [0.2, 0.25) is 0 Å². The third-order valence-corrected chi connectivity index (χ3v) is 2.96. The number of rotatable bonds is 6. The normalized spacial score (nSPS) is 10.3. The lowest BCUT2D eigenvalue weighted by molar-refractivity contribution is 0.317. The van der Waals surface area contributed by atoms with Gasteiger partial charge in [-0.15, -0.1) is 0 Å². The average Bonchev–Trinajstić information content (AvgIpc) is 2.46. The fourth-order valence-corrected chi connectivity index (χ4v) is 2.00. The molecule has 0 amide bonds. The number of ether oxygens (including phenoxy) is 2. The van der Waals surface area contributed by atoms with Crippen LogP contribution in [0, 0.1) is 0 Å². The van der Waals surface area contributed by atoms with Crippen LogP contribution in [0.15, 0.2) is 34.9 Å². The molecule has 5 heteroatoms. The van der Waals surface area contributed by atoms with Crippen molar-refractivity contribution in [3.05, 3.63) is 40.8 Å². The molecule has 20 heavy (non-hydrogen) atoms. The lowest BCUT2D eigenvalue weighted by atomic mass is 10.3. The molecule has 0 saturated carbocycles. The number of aryl methyl sites for hydroxylation is 1. The first-order chi connectivity index (χ1) is 9.71. The summed E-state index contributed by atoms with van der Waals surface area (Å²) in [6, 6.07) is 9.27. The van der Waals surface area contributed by atoms with Gasteiger partial charge in [-0.05, 0) is 46.6 Å². The van der Waals surface area contributed by atoms with Gasteiger partial charge in [0.1, 0.15) is 21.9 Å². The van der Waals surface area contributed by atoms with E-state index in [9.17, 15) is 0 Å². The first-order valence-corrected chi connectivity index (χ1v) is 7.44. The summed E-state index contributed by atoms with van der Waals surface area (Å²) in [7, 11) is 0. The van der Waals surface area contributed by atoms with E-state index < -0.39 is 0 Å². The molecule has 4 nitrogen and oxygen atoms in total. The highest BCUT2D eigenvalue weighted by Gasteiger charge is 2.04. The lowest BCUT2D eigenvalue weighted by Gasteiger charge is -2.08. The van der Waals surface area contributed by atoms with Crippen molar-refractivity contribution in [3.8, 4) is 17.4 Å². The van der Waals surface area contributed by atoms with Crippen LogP contribution in [0.3, 0.4) is 0 Å². The van der Waals surface area contributed by atoms with E-state index >= 15 is 0 Å². The molecule has 0 bridgehead atoms. The van der Waals surface area contributed by atoms with Gasteiger partial charge in [0.25, 0.3) is 0 Å². The van der Waals surface area contributed by atoms with E-state index in [1.807, 2.05) is 31.2 Å². The number of nitrogens with zero attached hydrogens (tertiary/aromatic N) is 2. The third kappa shape index (κ3) is 4.20. The molecule has 1 aromatic heterocycles. The van der Waals surface area contributed by atoms with Gasteiger partial charge >= 0.3 is 0 Å². The van der Waals surface area contributed by atoms with E-state index in [0.29, 0.717) is 5.88 Å². The zero-order valence-electron chi connectivity index (χ0n) is 11.6. The van der Waals surface area contributed by atoms with Crippen molar-refractivity contribution in [1.82, 2.24) is 9.97 Å². The van der Waals surface area contributed by atoms with E-state index in [2.05, 4.69) is 32.8 Å². The second-order valence-corrected chi connectivity index (χ2v) is 5.03. The molecule has 2 aromatic rings. The Kier molecular flexibility index (Phi) is 5.35. The van der Waals surface area contributed by atoms with E-state index in [1.165, 1.54) is 0 Å². The van der Waals surface area contributed by atoms with E-state index in [4.69, 9.17) is 9.47 Å². The van der Waals surface area contributed by atoms with Gasteiger partial charge in [0.05, 0.1) is 6.61 Å². The standard InChI is InChI=1S/C15H17BrN2O2/c1-3-9-19-11-5-7-12(8-6-11)20-15-10-13(16)17-14(4-2)18-15/h5-8,10H,3-4,9H2,1-2H3. The van der Waals surface area contributed by atoms with Crippen LogP contribution >= 0.6 is 15.9 Å². The quantitative estimate of drug-likeness (QED) is 0.734. The van der Waals surface area contributed by atoms with Gasteiger partial charge in [0.15, 0.2) is 0 Å². The Hall–Kier alpha value is -1.62. The van der Waals surface area contributed by atoms with Gasteiger partial charge in [0.2, 0.25) is 5.88 Å². The Morgan fingerprint density at radius 2 is 1.75 bits per heavy atom. The molecule has 0 unspecified atom stereocenters. The lowest BCUT2D eigenvalue weighted by Crippen LogP contribution is -1.97. The molecule has 1 aromatic carbocycles. The molecule has 0 atom stereocenters. The molecule has 0 spiro atoms. The van der Waals surface area contributed by atoms with Crippen LogP contribution in [-0.2, 0) is 6.42 Å². The van der Waals surface area contributed by atoms with Gasteiger partial charge in [-0.1, -0.05) is 13.8 Å². The SMILES string of the molecule is CCCOc1ccc(Oc2cc(Br)nc(CC)n2)cc1. The Labute approximate surface area is 127 Å². The molecular weight excluding hydrogens is 320 g/mol. The maximum Gasteiger partial charge on any atom is 0.223 e. The number of benzene rings is 1. The Morgan fingerprint density at radius 1 is 1.05 bits per heavy atom. The Balaban J connectivity index is 2.07. The minimum absolute atomic E-state index is 0.533. The van der Waals surface area contributed by atoms with Crippen molar-refractivity contribution in [2.75, 3.05) is 6.61 Å². The second kappa shape index (κ2) is 7.24. The highest BCUT2D eigenvalue weighted by molar-refractivity contribution is 9.10. The topological polar surface area (TPSA) is 44.2 Å². The summed E-state index contributed by atoms with van der Waals surface area (Å²) in [6.45, 7) is 4.81. The maximum atomic E-state index is 5.72. The molecule has 0 saturated heterocycles. The van der Waals surface area contributed by atoms with Crippen LogP contribution in [0.4, 0.5) is 0 Å². The third-order valence-electron chi connectivity index (χ3n) is 2.55. The molecule has 0 fully saturated rings. The van der Waals surface area contributed by atoms with Crippen LogP contribution in [0.25, 0.3) is 0 Å².